The van der Waals surface area contributed by atoms with Crippen molar-refractivity contribution in [1.82, 2.24) is 0 Å². The summed E-state index contributed by atoms with van der Waals surface area (Å²) in [5, 5.41) is 3.77. The smallest absolute Gasteiger partial charge is 0.282 e. The highest BCUT2D eigenvalue weighted by molar-refractivity contribution is 6.46. The van der Waals surface area contributed by atoms with Gasteiger partial charge in [0.2, 0.25) is 0 Å². The van der Waals surface area contributed by atoms with E-state index in [1.165, 1.54) is 0 Å². The maximum absolute atomic E-state index is 13.7. The molecule has 7 heteroatoms. The molecule has 0 spiro atoms. The van der Waals surface area contributed by atoms with Crippen LogP contribution in [0.25, 0.3) is 5.57 Å². The van der Waals surface area contributed by atoms with E-state index in [0.29, 0.717) is 40.1 Å². The number of aryl methyl sites for hydroxylation is 1. The molecule has 0 atom stereocenters. The van der Waals surface area contributed by atoms with E-state index >= 15 is 0 Å². The minimum atomic E-state index is -0.465. The number of hydrogen-bond acceptors (Lipinski definition) is 5. The second kappa shape index (κ2) is 9.38. The standard InChI is InChI=1S/C26H23ClN2O4/c1-4-33-22-8-6-5-7-21(22)29-25(30)23(17-9-12-19(32-3)13-10-17)24(26(29)31)28-20-14-11-18(27)15-16(20)2/h5-15,28H,4H2,1-3H3. The number of para-hydroxylation sites is 2. The Balaban J connectivity index is 1.84. The Morgan fingerprint density at radius 2 is 1.70 bits per heavy atom. The van der Waals surface area contributed by atoms with Crippen molar-refractivity contribution in [3.05, 3.63) is 88.6 Å². The lowest BCUT2D eigenvalue weighted by atomic mass is 10.0. The number of imide groups is 1. The van der Waals surface area contributed by atoms with Crippen molar-refractivity contribution in [3.63, 3.8) is 0 Å². The Labute approximate surface area is 197 Å². The molecule has 6 nitrogen and oxygen atoms in total. The van der Waals surface area contributed by atoms with Crippen molar-refractivity contribution < 1.29 is 19.1 Å². The quantitative estimate of drug-likeness (QED) is 0.473. The molecule has 0 aromatic heterocycles. The Bertz CT molecular complexity index is 1250. The zero-order valence-corrected chi connectivity index (χ0v) is 19.3. The third-order valence-corrected chi connectivity index (χ3v) is 5.55. The fourth-order valence-electron chi connectivity index (χ4n) is 3.71. The molecule has 0 unspecified atom stereocenters. The summed E-state index contributed by atoms with van der Waals surface area (Å²) in [7, 11) is 1.57. The van der Waals surface area contributed by atoms with Crippen molar-refractivity contribution in [2.24, 2.45) is 0 Å². The van der Waals surface area contributed by atoms with Gasteiger partial charge in [0, 0.05) is 10.7 Å². The number of rotatable bonds is 7. The SMILES string of the molecule is CCOc1ccccc1N1C(=O)C(Nc2ccc(Cl)cc2C)=C(c2ccc(OC)cc2)C1=O. The number of halogens is 1. The average molecular weight is 463 g/mol. The van der Waals surface area contributed by atoms with Gasteiger partial charge in [0.05, 0.1) is 25.0 Å². The third kappa shape index (κ3) is 4.30. The monoisotopic (exact) mass is 462 g/mol. The maximum Gasteiger partial charge on any atom is 0.282 e. The Kier molecular flexibility index (Phi) is 6.38. The average Bonchev–Trinajstić information content (AvgIpc) is 3.05. The van der Waals surface area contributed by atoms with E-state index in [2.05, 4.69) is 5.32 Å². The molecule has 2 amide bonds. The molecule has 1 aliphatic rings. The molecule has 4 rings (SSSR count). The summed E-state index contributed by atoms with van der Waals surface area (Å²) in [5.74, 6) is 0.205. The van der Waals surface area contributed by atoms with Crippen molar-refractivity contribution in [1.29, 1.82) is 0 Å². The molecule has 0 saturated carbocycles. The summed E-state index contributed by atoms with van der Waals surface area (Å²) in [6, 6.07) is 19.3. The summed E-state index contributed by atoms with van der Waals surface area (Å²) >= 11 is 6.09. The summed E-state index contributed by atoms with van der Waals surface area (Å²) in [5.41, 5.74) is 2.97. The number of nitrogens with one attached hydrogen (secondary N) is 1. The Hall–Kier alpha value is -3.77. The van der Waals surface area contributed by atoms with Gasteiger partial charge >= 0.3 is 0 Å². The van der Waals surface area contributed by atoms with Gasteiger partial charge in [0.1, 0.15) is 17.2 Å². The summed E-state index contributed by atoms with van der Waals surface area (Å²) in [6.07, 6.45) is 0. The minimum absolute atomic E-state index is 0.182. The van der Waals surface area contributed by atoms with Crippen LogP contribution >= 0.6 is 11.6 Å². The van der Waals surface area contributed by atoms with Gasteiger partial charge in [-0.1, -0.05) is 35.9 Å². The van der Waals surface area contributed by atoms with Gasteiger partial charge in [-0.2, -0.15) is 0 Å². The van der Waals surface area contributed by atoms with Gasteiger partial charge in [0.25, 0.3) is 11.8 Å². The predicted octanol–water partition coefficient (Wildman–Crippen LogP) is 5.45. The van der Waals surface area contributed by atoms with Crippen LogP contribution < -0.4 is 19.7 Å². The van der Waals surface area contributed by atoms with Crippen LogP contribution in [0.3, 0.4) is 0 Å². The lowest BCUT2D eigenvalue weighted by molar-refractivity contribution is -0.120. The molecule has 3 aromatic rings. The van der Waals surface area contributed by atoms with E-state index in [1.807, 2.05) is 13.8 Å². The van der Waals surface area contributed by atoms with E-state index < -0.39 is 11.8 Å². The van der Waals surface area contributed by atoms with Gasteiger partial charge in [-0.25, -0.2) is 4.90 Å². The lowest BCUT2D eigenvalue weighted by Crippen LogP contribution is -2.32. The normalized spacial score (nSPS) is 13.5. The fraction of sp³-hybridized carbons (Fsp3) is 0.154. The van der Waals surface area contributed by atoms with Crippen molar-refractivity contribution >= 4 is 40.4 Å². The van der Waals surface area contributed by atoms with Crippen molar-refractivity contribution in [2.75, 3.05) is 23.9 Å². The number of methoxy groups -OCH3 is 1. The largest absolute Gasteiger partial charge is 0.497 e. The number of carbonyl (C=O) groups is 2. The van der Waals surface area contributed by atoms with E-state index in [0.717, 1.165) is 10.5 Å². The molecule has 1 N–H and O–H groups in total. The molecule has 168 valence electrons. The van der Waals surface area contributed by atoms with Crippen LogP contribution in [0.1, 0.15) is 18.1 Å². The molecular weight excluding hydrogens is 440 g/mol. The van der Waals surface area contributed by atoms with Crippen LogP contribution in [0.5, 0.6) is 11.5 Å². The van der Waals surface area contributed by atoms with E-state index in [-0.39, 0.29) is 11.3 Å². The van der Waals surface area contributed by atoms with Gasteiger partial charge in [-0.05, 0) is 67.4 Å². The van der Waals surface area contributed by atoms with Crippen molar-refractivity contribution in [3.8, 4) is 11.5 Å². The first kappa shape index (κ1) is 22.4. The molecule has 3 aromatic carbocycles. The molecule has 0 fully saturated rings. The summed E-state index contributed by atoms with van der Waals surface area (Å²) in [6.45, 7) is 4.13. The van der Waals surface area contributed by atoms with Crippen LogP contribution in [0.15, 0.2) is 72.4 Å². The van der Waals surface area contributed by atoms with E-state index in [4.69, 9.17) is 21.1 Å². The highest BCUT2D eigenvalue weighted by Crippen LogP contribution is 2.38. The number of anilines is 2. The fourth-order valence-corrected chi connectivity index (χ4v) is 3.94. The number of ether oxygens (including phenoxy) is 2. The molecule has 33 heavy (non-hydrogen) atoms. The molecule has 0 bridgehead atoms. The number of hydrogen-bond donors (Lipinski definition) is 1. The number of benzene rings is 3. The van der Waals surface area contributed by atoms with Gasteiger partial charge < -0.3 is 14.8 Å². The first-order valence-electron chi connectivity index (χ1n) is 10.5. The number of carbonyl (C=O) groups excluding carboxylic acids is 2. The number of nitrogens with zero attached hydrogens (tertiary/aromatic N) is 1. The second-order valence-electron chi connectivity index (χ2n) is 7.41. The first-order valence-corrected chi connectivity index (χ1v) is 10.8. The van der Waals surface area contributed by atoms with Gasteiger partial charge in [-0.15, -0.1) is 0 Å². The van der Waals surface area contributed by atoms with Crippen LogP contribution in [-0.2, 0) is 9.59 Å². The molecule has 0 radical (unpaired) electrons. The van der Waals surface area contributed by atoms with Gasteiger partial charge in [0.15, 0.2) is 0 Å². The molecular formula is C26H23ClN2O4. The number of amides is 2. The molecule has 1 heterocycles. The zero-order valence-electron chi connectivity index (χ0n) is 18.5. The zero-order chi connectivity index (χ0) is 23.5. The molecule has 0 aliphatic carbocycles. The van der Waals surface area contributed by atoms with Gasteiger partial charge in [-0.3, -0.25) is 9.59 Å². The van der Waals surface area contributed by atoms with Crippen LogP contribution in [0.4, 0.5) is 11.4 Å². The predicted molar refractivity (Wildman–Crippen MR) is 130 cm³/mol. The second-order valence-corrected chi connectivity index (χ2v) is 7.85. The summed E-state index contributed by atoms with van der Waals surface area (Å²) < 4.78 is 10.9. The minimum Gasteiger partial charge on any atom is -0.497 e. The molecule has 1 aliphatic heterocycles. The van der Waals surface area contributed by atoms with Crippen LogP contribution in [0.2, 0.25) is 5.02 Å². The maximum atomic E-state index is 13.7. The van der Waals surface area contributed by atoms with E-state index in [1.54, 1.807) is 73.8 Å². The van der Waals surface area contributed by atoms with Crippen LogP contribution in [0, 0.1) is 6.92 Å². The Morgan fingerprint density at radius 1 is 0.970 bits per heavy atom. The highest BCUT2D eigenvalue weighted by Gasteiger charge is 2.41. The Morgan fingerprint density at radius 3 is 2.36 bits per heavy atom. The highest BCUT2D eigenvalue weighted by atomic mass is 35.5. The third-order valence-electron chi connectivity index (χ3n) is 5.32. The first-order chi connectivity index (χ1) is 15.9. The van der Waals surface area contributed by atoms with Crippen LogP contribution in [-0.4, -0.2) is 25.5 Å². The molecule has 0 saturated heterocycles. The summed E-state index contributed by atoms with van der Waals surface area (Å²) in [4.78, 5) is 28.5. The lowest BCUT2D eigenvalue weighted by Gasteiger charge is -2.19. The van der Waals surface area contributed by atoms with Crippen molar-refractivity contribution in [2.45, 2.75) is 13.8 Å². The van der Waals surface area contributed by atoms with E-state index in [9.17, 15) is 9.59 Å². The topological polar surface area (TPSA) is 67.9 Å².